The van der Waals surface area contributed by atoms with Crippen LogP contribution in [0.3, 0.4) is 0 Å². The zero-order valence-electron chi connectivity index (χ0n) is 15.6. The number of nitrogens with one attached hydrogen (secondary N) is 2. The summed E-state index contributed by atoms with van der Waals surface area (Å²) in [5.74, 6) is -0.611. The van der Waals surface area contributed by atoms with Crippen LogP contribution in [-0.4, -0.2) is 26.5 Å². The van der Waals surface area contributed by atoms with E-state index in [2.05, 4.69) is 14.6 Å². The van der Waals surface area contributed by atoms with Gasteiger partial charge in [0.15, 0.2) is 5.58 Å². The van der Waals surface area contributed by atoms with Crippen molar-refractivity contribution in [3.05, 3.63) is 58.6 Å². The highest BCUT2D eigenvalue weighted by Gasteiger charge is 2.20. The first-order chi connectivity index (χ1) is 13.4. The van der Waals surface area contributed by atoms with Crippen molar-refractivity contribution in [1.29, 1.82) is 0 Å². The highest BCUT2D eigenvalue weighted by atomic mass is 32.2. The molecule has 0 amide bonds. The van der Waals surface area contributed by atoms with Crippen molar-refractivity contribution in [3.8, 4) is 0 Å². The minimum absolute atomic E-state index is 0.0776. The van der Waals surface area contributed by atoms with E-state index in [0.717, 1.165) is 18.7 Å². The van der Waals surface area contributed by atoms with Gasteiger partial charge < -0.3 is 9.32 Å². The molecule has 148 valence electrons. The molecule has 1 atom stereocenters. The van der Waals surface area contributed by atoms with Crippen LogP contribution in [0.2, 0.25) is 0 Å². The quantitative estimate of drug-likeness (QED) is 0.685. The van der Waals surface area contributed by atoms with Gasteiger partial charge in [-0.1, -0.05) is 12.1 Å². The Labute approximate surface area is 163 Å². The highest BCUT2D eigenvalue weighted by Crippen LogP contribution is 2.24. The third-order valence-corrected chi connectivity index (χ3v) is 6.69. The average Bonchev–Trinajstić information content (AvgIpc) is 3.07. The fourth-order valence-corrected chi connectivity index (χ4v) is 4.85. The van der Waals surface area contributed by atoms with Crippen molar-refractivity contribution in [2.24, 2.45) is 0 Å². The predicted molar refractivity (Wildman–Crippen MR) is 108 cm³/mol. The number of anilines is 1. The van der Waals surface area contributed by atoms with Crippen LogP contribution < -0.4 is 15.4 Å². The van der Waals surface area contributed by atoms with E-state index in [4.69, 9.17) is 4.42 Å². The second-order valence-corrected chi connectivity index (χ2v) is 8.87. The minimum Gasteiger partial charge on any atom is -0.408 e. The van der Waals surface area contributed by atoms with Gasteiger partial charge in [0, 0.05) is 24.8 Å². The van der Waals surface area contributed by atoms with Crippen LogP contribution in [0.15, 0.2) is 56.6 Å². The summed E-state index contributed by atoms with van der Waals surface area (Å²) in [7, 11) is -3.74. The summed E-state index contributed by atoms with van der Waals surface area (Å²) >= 11 is 0. The topological polar surface area (TPSA) is 95.4 Å². The molecule has 0 radical (unpaired) electrons. The van der Waals surface area contributed by atoms with Crippen LogP contribution in [0.25, 0.3) is 11.1 Å². The molecule has 0 spiro atoms. The standard InChI is InChI=1S/C20H23N3O4S/c1-14(15-5-7-16(8-6-15)23-11-3-2-4-12-23)22-28(25,26)17-9-10-19-18(13-17)21-20(24)27-19/h5-10,13-14,22H,2-4,11-12H2,1H3,(H,21,24)/t14-/m1/s1. The first-order valence-corrected chi connectivity index (χ1v) is 10.9. The lowest BCUT2D eigenvalue weighted by Crippen LogP contribution is -2.29. The van der Waals surface area contributed by atoms with Gasteiger partial charge in [-0.25, -0.2) is 17.9 Å². The number of piperidine rings is 1. The van der Waals surface area contributed by atoms with Gasteiger partial charge in [-0.2, -0.15) is 0 Å². The number of aromatic amines is 1. The third kappa shape index (κ3) is 3.83. The summed E-state index contributed by atoms with van der Waals surface area (Å²) in [5.41, 5.74) is 2.74. The van der Waals surface area contributed by atoms with E-state index in [9.17, 15) is 13.2 Å². The van der Waals surface area contributed by atoms with Crippen molar-refractivity contribution in [2.75, 3.05) is 18.0 Å². The minimum atomic E-state index is -3.74. The summed E-state index contributed by atoms with van der Waals surface area (Å²) in [4.78, 5) is 16.2. The van der Waals surface area contributed by atoms with Crippen molar-refractivity contribution in [1.82, 2.24) is 9.71 Å². The van der Waals surface area contributed by atoms with E-state index >= 15 is 0 Å². The molecule has 1 aliphatic heterocycles. The number of aromatic nitrogens is 1. The lowest BCUT2D eigenvalue weighted by molar-refractivity contribution is 0.555. The zero-order chi connectivity index (χ0) is 19.7. The first kappa shape index (κ1) is 18.8. The fraction of sp³-hybridized carbons (Fsp3) is 0.350. The van der Waals surface area contributed by atoms with Crippen LogP contribution >= 0.6 is 0 Å². The molecule has 0 bridgehead atoms. The monoisotopic (exact) mass is 401 g/mol. The lowest BCUT2D eigenvalue weighted by atomic mass is 10.1. The summed E-state index contributed by atoms with van der Waals surface area (Å²) in [6.45, 7) is 3.95. The predicted octanol–water partition coefficient (Wildman–Crippen LogP) is 3.15. The largest absolute Gasteiger partial charge is 0.417 e. The molecule has 2 aromatic carbocycles. The van der Waals surface area contributed by atoms with Gasteiger partial charge >= 0.3 is 5.76 Å². The molecule has 1 saturated heterocycles. The Balaban J connectivity index is 1.50. The maximum Gasteiger partial charge on any atom is 0.417 e. The third-order valence-electron chi connectivity index (χ3n) is 5.15. The fourth-order valence-electron chi connectivity index (χ4n) is 3.59. The van der Waals surface area contributed by atoms with E-state index in [1.807, 2.05) is 31.2 Å². The molecule has 8 heteroatoms. The van der Waals surface area contributed by atoms with Gasteiger partial charge in [-0.3, -0.25) is 4.98 Å². The number of benzene rings is 2. The SMILES string of the molecule is C[C@@H](NS(=O)(=O)c1ccc2oc(=O)[nH]c2c1)c1ccc(N2CCCCC2)cc1. The van der Waals surface area contributed by atoms with Crippen LogP contribution in [0.1, 0.15) is 37.8 Å². The molecular formula is C20H23N3O4S. The van der Waals surface area contributed by atoms with E-state index in [1.54, 1.807) is 0 Å². The van der Waals surface area contributed by atoms with E-state index in [-0.39, 0.29) is 10.9 Å². The molecule has 0 unspecified atom stereocenters. The second-order valence-electron chi connectivity index (χ2n) is 7.15. The normalized spacial score (nSPS) is 16.4. The molecule has 0 aliphatic carbocycles. The summed E-state index contributed by atoms with van der Waals surface area (Å²) in [6, 6.07) is 11.9. The molecular weight excluding hydrogens is 378 g/mol. The number of fused-ring (bicyclic) bond motifs is 1. The van der Waals surface area contributed by atoms with Crippen molar-refractivity contribution in [2.45, 2.75) is 37.1 Å². The number of sulfonamides is 1. The van der Waals surface area contributed by atoms with Crippen LogP contribution in [0.5, 0.6) is 0 Å². The van der Waals surface area contributed by atoms with Crippen LogP contribution in [0.4, 0.5) is 5.69 Å². The lowest BCUT2D eigenvalue weighted by Gasteiger charge is -2.29. The maximum atomic E-state index is 12.7. The van der Waals surface area contributed by atoms with Gasteiger partial charge in [0.2, 0.25) is 10.0 Å². The summed E-state index contributed by atoms with van der Waals surface area (Å²) < 4.78 is 33.1. The molecule has 3 aromatic rings. The Bertz CT molecular complexity index is 1130. The Morgan fingerprint density at radius 2 is 1.79 bits per heavy atom. The average molecular weight is 401 g/mol. The van der Waals surface area contributed by atoms with Gasteiger partial charge in [-0.05, 0) is 62.1 Å². The van der Waals surface area contributed by atoms with Crippen LogP contribution in [-0.2, 0) is 10.0 Å². The Morgan fingerprint density at radius 3 is 2.50 bits per heavy atom. The summed E-state index contributed by atoms with van der Waals surface area (Å²) in [6.07, 6.45) is 3.71. The molecule has 1 aliphatic rings. The number of oxazole rings is 1. The molecule has 1 fully saturated rings. The molecule has 0 saturated carbocycles. The number of rotatable bonds is 5. The second kappa shape index (κ2) is 7.44. The van der Waals surface area contributed by atoms with E-state index in [0.29, 0.717) is 11.1 Å². The molecule has 28 heavy (non-hydrogen) atoms. The Morgan fingerprint density at radius 1 is 1.07 bits per heavy atom. The molecule has 7 nitrogen and oxygen atoms in total. The van der Waals surface area contributed by atoms with E-state index < -0.39 is 15.8 Å². The number of H-pyrrole nitrogens is 1. The van der Waals surface area contributed by atoms with Crippen LogP contribution in [0, 0.1) is 0 Å². The Kier molecular flexibility index (Phi) is 4.99. The zero-order valence-corrected chi connectivity index (χ0v) is 16.5. The number of hydrogen-bond acceptors (Lipinski definition) is 5. The Hall–Kier alpha value is -2.58. The highest BCUT2D eigenvalue weighted by molar-refractivity contribution is 7.89. The smallest absolute Gasteiger partial charge is 0.408 e. The first-order valence-electron chi connectivity index (χ1n) is 9.42. The van der Waals surface area contributed by atoms with Crippen molar-refractivity contribution >= 4 is 26.8 Å². The maximum absolute atomic E-state index is 12.7. The van der Waals surface area contributed by atoms with Crippen molar-refractivity contribution in [3.63, 3.8) is 0 Å². The van der Waals surface area contributed by atoms with Gasteiger partial charge in [-0.15, -0.1) is 0 Å². The molecule has 2 heterocycles. The van der Waals surface area contributed by atoms with E-state index in [1.165, 1.54) is 43.1 Å². The van der Waals surface area contributed by atoms with Gasteiger partial charge in [0.05, 0.1) is 10.4 Å². The van der Waals surface area contributed by atoms with Crippen molar-refractivity contribution < 1.29 is 12.8 Å². The number of nitrogens with zero attached hydrogens (tertiary/aromatic N) is 1. The molecule has 4 rings (SSSR count). The molecule has 2 N–H and O–H groups in total. The number of hydrogen-bond donors (Lipinski definition) is 2. The molecule has 1 aromatic heterocycles. The van der Waals surface area contributed by atoms with Gasteiger partial charge in [0.1, 0.15) is 0 Å². The van der Waals surface area contributed by atoms with Gasteiger partial charge in [0.25, 0.3) is 0 Å². The summed E-state index contributed by atoms with van der Waals surface area (Å²) in [5, 5.41) is 0.